The number of nitrogens with zero attached hydrogens (tertiary/aromatic N) is 2. The summed E-state index contributed by atoms with van der Waals surface area (Å²) < 4.78 is 0. The van der Waals surface area contributed by atoms with Crippen LogP contribution in [0.1, 0.15) is 16.1 Å². The van der Waals surface area contributed by atoms with Crippen molar-refractivity contribution < 1.29 is 9.72 Å². The fraction of sp³-hybridized carbons (Fsp3) is 0.100. The topological polar surface area (TPSA) is 113 Å². The number of rotatable bonds is 5. The molecule has 0 bridgehead atoms. The predicted octanol–water partition coefficient (Wildman–Crippen LogP) is 4.80. The molecule has 0 aliphatic rings. The van der Waals surface area contributed by atoms with Crippen LogP contribution in [0.15, 0.2) is 47.8 Å². The molecule has 2 heterocycles. The number of amides is 1. The van der Waals surface area contributed by atoms with Crippen molar-refractivity contribution in [2.45, 2.75) is 6.92 Å². The Morgan fingerprint density at radius 3 is 2.79 bits per heavy atom. The van der Waals surface area contributed by atoms with Crippen LogP contribution in [0.3, 0.4) is 0 Å². The van der Waals surface area contributed by atoms with E-state index in [4.69, 9.17) is 0 Å². The van der Waals surface area contributed by atoms with Gasteiger partial charge in [0.1, 0.15) is 0 Å². The van der Waals surface area contributed by atoms with Gasteiger partial charge in [-0.3, -0.25) is 20.2 Å². The maximum absolute atomic E-state index is 12.7. The number of carbonyl (C=O) groups is 1. The van der Waals surface area contributed by atoms with Crippen LogP contribution in [0.25, 0.3) is 22.2 Å². The van der Waals surface area contributed by atoms with E-state index >= 15 is 0 Å². The number of carbonyl (C=O) groups excluding carboxylic acids is 1. The van der Waals surface area contributed by atoms with E-state index in [0.717, 1.165) is 27.9 Å². The van der Waals surface area contributed by atoms with Crippen molar-refractivity contribution in [2.24, 2.45) is 0 Å². The van der Waals surface area contributed by atoms with E-state index in [-0.39, 0.29) is 11.3 Å². The first kappa shape index (κ1) is 18.6. The number of nitro groups is 1. The van der Waals surface area contributed by atoms with Crippen LogP contribution in [-0.4, -0.2) is 27.8 Å². The molecule has 0 unspecified atom stereocenters. The van der Waals surface area contributed by atoms with Gasteiger partial charge >= 0.3 is 0 Å². The van der Waals surface area contributed by atoms with Gasteiger partial charge in [-0.05, 0) is 19.1 Å². The zero-order valence-electron chi connectivity index (χ0n) is 15.6. The summed E-state index contributed by atoms with van der Waals surface area (Å²) in [7, 11) is 1.65. The highest BCUT2D eigenvalue weighted by atomic mass is 32.1. The molecule has 8 nitrogen and oxygen atoms in total. The van der Waals surface area contributed by atoms with Crippen LogP contribution in [0.2, 0.25) is 0 Å². The van der Waals surface area contributed by atoms with E-state index in [0.29, 0.717) is 10.8 Å². The molecule has 0 spiro atoms. The number of nitrogens with one attached hydrogen (secondary N) is 3. The lowest BCUT2D eigenvalue weighted by Crippen LogP contribution is -2.14. The Morgan fingerprint density at radius 2 is 2.03 bits per heavy atom. The second-order valence-electron chi connectivity index (χ2n) is 6.40. The van der Waals surface area contributed by atoms with Crippen molar-refractivity contribution >= 4 is 44.7 Å². The third kappa shape index (κ3) is 3.43. The Bertz CT molecular complexity index is 1240. The number of hydrogen-bond donors (Lipinski definition) is 3. The van der Waals surface area contributed by atoms with E-state index in [1.165, 1.54) is 29.5 Å². The lowest BCUT2D eigenvalue weighted by molar-refractivity contribution is -0.384. The Morgan fingerprint density at radius 1 is 1.24 bits per heavy atom. The Labute approximate surface area is 169 Å². The Kier molecular flexibility index (Phi) is 4.73. The molecule has 0 aliphatic heterocycles. The van der Waals surface area contributed by atoms with Crippen LogP contribution in [-0.2, 0) is 0 Å². The van der Waals surface area contributed by atoms with Gasteiger partial charge in [-0.1, -0.05) is 18.2 Å². The van der Waals surface area contributed by atoms with Gasteiger partial charge in [-0.15, -0.1) is 11.3 Å². The third-order valence-electron chi connectivity index (χ3n) is 4.60. The van der Waals surface area contributed by atoms with Gasteiger partial charge in [-0.2, -0.15) is 0 Å². The second kappa shape index (κ2) is 7.36. The minimum absolute atomic E-state index is 0.150. The number of H-pyrrole nitrogens is 1. The smallest absolute Gasteiger partial charge is 0.270 e. The zero-order chi connectivity index (χ0) is 20.5. The lowest BCUT2D eigenvalue weighted by Gasteiger charge is -2.08. The summed E-state index contributed by atoms with van der Waals surface area (Å²) in [6, 6.07) is 12.1. The van der Waals surface area contributed by atoms with Gasteiger partial charge in [-0.25, -0.2) is 4.98 Å². The summed E-state index contributed by atoms with van der Waals surface area (Å²) in [6.45, 7) is 1.98. The number of thiazole rings is 1. The Balaban J connectivity index is 1.65. The van der Waals surface area contributed by atoms with Gasteiger partial charge in [0.2, 0.25) is 0 Å². The molecule has 0 saturated carbocycles. The van der Waals surface area contributed by atoms with Crippen molar-refractivity contribution in [1.29, 1.82) is 0 Å². The first-order valence-electron chi connectivity index (χ1n) is 8.78. The summed E-state index contributed by atoms with van der Waals surface area (Å²) in [5.41, 5.74) is 4.29. The van der Waals surface area contributed by atoms with E-state index in [9.17, 15) is 14.9 Å². The maximum atomic E-state index is 12.7. The van der Waals surface area contributed by atoms with Crippen molar-refractivity contribution in [3.63, 3.8) is 0 Å². The summed E-state index contributed by atoms with van der Waals surface area (Å²) in [4.78, 5) is 31.1. The fourth-order valence-corrected chi connectivity index (χ4v) is 3.97. The molecule has 9 heteroatoms. The minimum Gasteiger partial charge on any atom is -0.387 e. The first-order valence-corrected chi connectivity index (χ1v) is 9.66. The van der Waals surface area contributed by atoms with E-state index < -0.39 is 10.8 Å². The summed E-state index contributed by atoms with van der Waals surface area (Å²) in [6.07, 6.45) is 0. The molecular weight excluding hydrogens is 390 g/mol. The van der Waals surface area contributed by atoms with Gasteiger partial charge in [0.15, 0.2) is 5.13 Å². The predicted molar refractivity (Wildman–Crippen MR) is 115 cm³/mol. The van der Waals surface area contributed by atoms with Crippen molar-refractivity contribution in [3.05, 3.63) is 69.2 Å². The number of benzene rings is 2. The lowest BCUT2D eigenvalue weighted by atomic mass is 10.1. The quantitative estimate of drug-likeness (QED) is 0.325. The van der Waals surface area contributed by atoms with Crippen LogP contribution in [0.4, 0.5) is 16.5 Å². The summed E-state index contributed by atoms with van der Waals surface area (Å²) in [5.74, 6) is -0.463. The van der Waals surface area contributed by atoms with E-state index in [1.54, 1.807) is 7.05 Å². The fourth-order valence-electron chi connectivity index (χ4n) is 3.27. The number of aromatic nitrogens is 2. The molecule has 2 aromatic carbocycles. The summed E-state index contributed by atoms with van der Waals surface area (Å²) >= 11 is 1.30. The van der Waals surface area contributed by atoms with Crippen molar-refractivity contribution in [3.8, 4) is 11.3 Å². The minimum atomic E-state index is -0.530. The maximum Gasteiger partial charge on any atom is 0.270 e. The summed E-state index contributed by atoms with van der Waals surface area (Å²) in [5, 5.41) is 20.0. The largest absolute Gasteiger partial charge is 0.387 e. The molecule has 1 amide bonds. The molecule has 0 saturated heterocycles. The molecule has 0 fully saturated rings. The molecule has 146 valence electrons. The number of non-ortho nitro benzene ring substituents is 1. The molecule has 2 aromatic heterocycles. The average molecular weight is 407 g/mol. The van der Waals surface area contributed by atoms with Crippen LogP contribution >= 0.6 is 11.3 Å². The van der Waals surface area contributed by atoms with Gasteiger partial charge < -0.3 is 10.3 Å². The molecule has 0 atom stereocenters. The number of para-hydroxylation sites is 1. The van der Waals surface area contributed by atoms with Crippen molar-refractivity contribution in [1.82, 2.24) is 9.97 Å². The molecule has 4 aromatic rings. The van der Waals surface area contributed by atoms with Gasteiger partial charge in [0.25, 0.3) is 11.6 Å². The van der Waals surface area contributed by atoms with Crippen molar-refractivity contribution in [2.75, 3.05) is 17.7 Å². The molecule has 3 N–H and O–H groups in total. The number of aromatic amines is 1. The van der Waals surface area contributed by atoms with Crippen LogP contribution < -0.4 is 10.6 Å². The number of hydrogen-bond acceptors (Lipinski definition) is 6. The zero-order valence-corrected chi connectivity index (χ0v) is 16.5. The SMILES string of the molecule is CNc1ccc([N+](=O)[O-])cc1C(=O)Nc1nc(-c2c(C)[nH]c3ccccc23)cs1. The highest BCUT2D eigenvalue weighted by molar-refractivity contribution is 7.14. The second-order valence-corrected chi connectivity index (χ2v) is 7.26. The number of anilines is 2. The van der Waals surface area contributed by atoms with Crippen LogP contribution in [0.5, 0.6) is 0 Å². The number of nitro benzene ring substituents is 1. The van der Waals surface area contributed by atoms with E-state index in [2.05, 4.69) is 20.6 Å². The molecular formula is C20H17N5O3S. The monoisotopic (exact) mass is 407 g/mol. The highest BCUT2D eigenvalue weighted by Crippen LogP contribution is 2.34. The Hall–Kier alpha value is -3.72. The van der Waals surface area contributed by atoms with Crippen LogP contribution in [0, 0.1) is 17.0 Å². The average Bonchev–Trinajstić information content (AvgIpc) is 3.29. The van der Waals surface area contributed by atoms with Gasteiger partial charge in [0.05, 0.1) is 16.2 Å². The number of aryl methyl sites for hydroxylation is 1. The third-order valence-corrected chi connectivity index (χ3v) is 5.36. The van der Waals surface area contributed by atoms with Gasteiger partial charge in [0, 0.05) is 52.4 Å². The standard InChI is InChI=1S/C20H17N5O3S/c1-11-18(13-5-3-4-6-16(13)22-11)17-10-29-20(23-17)24-19(26)14-9-12(25(27)28)7-8-15(14)21-2/h3-10,21-22H,1-2H3,(H,23,24,26). The normalized spacial score (nSPS) is 10.8. The number of fused-ring (bicyclic) bond motifs is 1. The highest BCUT2D eigenvalue weighted by Gasteiger charge is 2.19. The molecule has 0 aliphatic carbocycles. The van der Waals surface area contributed by atoms with E-state index in [1.807, 2.05) is 36.6 Å². The molecule has 0 radical (unpaired) electrons. The molecule has 29 heavy (non-hydrogen) atoms. The first-order chi connectivity index (χ1) is 14.0. The molecule has 4 rings (SSSR count).